The molecule has 0 amide bonds. The lowest BCUT2D eigenvalue weighted by atomic mass is 9.95. The lowest BCUT2D eigenvalue weighted by Gasteiger charge is -2.18. The molecule has 1 unspecified atom stereocenters. The quantitative estimate of drug-likeness (QED) is 0.685. The van der Waals surface area contributed by atoms with Gasteiger partial charge in [0.15, 0.2) is 0 Å². The molecule has 0 saturated heterocycles. The third-order valence-electron chi connectivity index (χ3n) is 3.41. The molecule has 1 atom stereocenters. The van der Waals surface area contributed by atoms with Gasteiger partial charge in [-0.3, -0.25) is 0 Å². The highest BCUT2D eigenvalue weighted by Gasteiger charge is 2.10. The minimum Gasteiger partial charge on any atom is -0.381 e. The Bertz CT molecular complexity index is 349. The molecule has 1 rings (SSSR count). The molecule has 0 bridgehead atoms. The molecule has 0 spiro atoms. The summed E-state index contributed by atoms with van der Waals surface area (Å²) in [5.74, 6) is 1.27. The van der Waals surface area contributed by atoms with E-state index >= 15 is 0 Å². The Hall–Kier alpha value is -0.860. The highest BCUT2D eigenvalue weighted by Crippen LogP contribution is 2.20. The molecule has 0 aliphatic carbocycles. The zero-order chi connectivity index (χ0) is 14.1. The van der Waals surface area contributed by atoms with Gasteiger partial charge in [-0.15, -0.1) is 0 Å². The van der Waals surface area contributed by atoms with Crippen LogP contribution in [0.2, 0.25) is 0 Å². The lowest BCUT2D eigenvalue weighted by Crippen LogP contribution is -2.19. The molecule has 1 aromatic carbocycles. The van der Waals surface area contributed by atoms with Gasteiger partial charge in [0.05, 0.1) is 0 Å². The van der Waals surface area contributed by atoms with Crippen LogP contribution >= 0.6 is 0 Å². The van der Waals surface area contributed by atoms with Crippen molar-refractivity contribution in [3.63, 3.8) is 0 Å². The van der Waals surface area contributed by atoms with Gasteiger partial charge in [0.25, 0.3) is 0 Å². The van der Waals surface area contributed by atoms with E-state index in [-0.39, 0.29) is 0 Å². The summed E-state index contributed by atoms with van der Waals surface area (Å²) in [7, 11) is 2.02. The zero-order valence-corrected chi connectivity index (χ0v) is 12.9. The van der Waals surface area contributed by atoms with E-state index < -0.39 is 0 Å². The average Bonchev–Trinajstić information content (AvgIpc) is 2.36. The van der Waals surface area contributed by atoms with Crippen molar-refractivity contribution in [1.29, 1.82) is 0 Å². The second-order valence-electron chi connectivity index (χ2n) is 5.75. The number of benzene rings is 1. The van der Waals surface area contributed by atoms with Gasteiger partial charge >= 0.3 is 0 Å². The van der Waals surface area contributed by atoms with E-state index in [9.17, 15) is 0 Å². The highest BCUT2D eigenvalue weighted by atomic mass is 16.5. The van der Waals surface area contributed by atoms with Gasteiger partial charge < -0.3 is 10.1 Å². The summed E-state index contributed by atoms with van der Waals surface area (Å²) in [5.41, 5.74) is 2.75. The Balaban J connectivity index is 2.40. The highest BCUT2D eigenvalue weighted by molar-refractivity contribution is 5.25. The van der Waals surface area contributed by atoms with Crippen LogP contribution < -0.4 is 5.32 Å². The van der Waals surface area contributed by atoms with Crippen molar-refractivity contribution >= 4 is 0 Å². The monoisotopic (exact) mass is 263 g/mol. The third-order valence-corrected chi connectivity index (χ3v) is 3.41. The second-order valence-corrected chi connectivity index (χ2v) is 5.75. The molecule has 1 aromatic rings. The van der Waals surface area contributed by atoms with Crippen LogP contribution in [0.4, 0.5) is 0 Å². The van der Waals surface area contributed by atoms with Crippen molar-refractivity contribution in [2.75, 3.05) is 26.8 Å². The molecule has 0 aromatic heterocycles. The van der Waals surface area contributed by atoms with Crippen molar-refractivity contribution < 1.29 is 4.74 Å². The number of hydrogen-bond acceptors (Lipinski definition) is 2. The van der Waals surface area contributed by atoms with E-state index in [2.05, 4.69) is 50.4 Å². The van der Waals surface area contributed by atoms with Crippen molar-refractivity contribution in [1.82, 2.24) is 5.32 Å². The van der Waals surface area contributed by atoms with Crippen molar-refractivity contribution in [3.05, 3.63) is 35.4 Å². The summed E-state index contributed by atoms with van der Waals surface area (Å²) in [5, 5.41) is 3.29. The summed E-state index contributed by atoms with van der Waals surface area (Å²) in [4.78, 5) is 0. The number of hydrogen-bond donors (Lipinski definition) is 1. The first-order chi connectivity index (χ1) is 9.13. The van der Waals surface area contributed by atoms with E-state index in [0.717, 1.165) is 38.5 Å². The largest absolute Gasteiger partial charge is 0.381 e. The fourth-order valence-electron chi connectivity index (χ4n) is 2.20. The molecule has 0 aliphatic heterocycles. The van der Waals surface area contributed by atoms with Gasteiger partial charge in [-0.1, -0.05) is 43.7 Å². The molecule has 108 valence electrons. The van der Waals surface area contributed by atoms with Crippen LogP contribution in [0, 0.1) is 12.8 Å². The maximum Gasteiger partial charge on any atom is 0.0472 e. The molecule has 2 nitrogen and oxygen atoms in total. The number of likely N-dealkylation sites (N-methyl/N-ethyl adjacent to an activating group) is 1. The van der Waals surface area contributed by atoms with Gasteiger partial charge in [-0.2, -0.15) is 0 Å². The second kappa shape index (κ2) is 9.11. The molecular weight excluding hydrogens is 234 g/mol. The van der Waals surface area contributed by atoms with Crippen LogP contribution in [0.25, 0.3) is 0 Å². The minimum atomic E-state index is 0.545. The molecule has 0 aliphatic rings. The van der Waals surface area contributed by atoms with E-state index in [4.69, 9.17) is 4.74 Å². The Kier molecular flexibility index (Phi) is 7.76. The Morgan fingerprint density at radius 1 is 1.16 bits per heavy atom. The standard InChI is InChI=1S/C17H29NO/c1-14(2)8-10-19-11-9-17(13-18-4)16-7-5-6-15(3)12-16/h5-7,12,14,17-18H,8-11,13H2,1-4H3. The zero-order valence-electron chi connectivity index (χ0n) is 12.9. The first-order valence-corrected chi connectivity index (χ1v) is 7.42. The minimum absolute atomic E-state index is 0.545. The summed E-state index contributed by atoms with van der Waals surface area (Å²) in [6, 6.07) is 8.81. The molecule has 19 heavy (non-hydrogen) atoms. The van der Waals surface area contributed by atoms with E-state index in [1.165, 1.54) is 11.1 Å². The summed E-state index contributed by atoms with van der Waals surface area (Å²) < 4.78 is 5.75. The molecule has 0 radical (unpaired) electrons. The first kappa shape index (κ1) is 16.2. The van der Waals surface area contributed by atoms with Crippen LogP contribution in [-0.4, -0.2) is 26.8 Å². The molecule has 1 N–H and O–H groups in total. The van der Waals surface area contributed by atoms with Gasteiger partial charge in [0.2, 0.25) is 0 Å². The first-order valence-electron chi connectivity index (χ1n) is 7.42. The fraction of sp³-hybridized carbons (Fsp3) is 0.647. The number of aryl methyl sites for hydroxylation is 1. The summed E-state index contributed by atoms with van der Waals surface area (Å²) in [6.07, 6.45) is 2.24. The van der Waals surface area contributed by atoms with E-state index in [1.807, 2.05) is 7.05 Å². The van der Waals surface area contributed by atoms with Crippen LogP contribution in [0.5, 0.6) is 0 Å². The topological polar surface area (TPSA) is 21.3 Å². The normalized spacial score (nSPS) is 12.9. The van der Waals surface area contributed by atoms with Gasteiger partial charge in [-0.05, 0) is 44.2 Å². The maximum atomic E-state index is 5.75. The molecule has 0 saturated carbocycles. The van der Waals surface area contributed by atoms with Gasteiger partial charge in [0.1, 0.15) is 0 Å². The SMILES string of the molecule is CNCC(CCOCCC(C)C)c1cccc(C)c1. The Labute approximate surface area is 118 Å². The summed E-state index contributed by atoms with van der Waals surface area (Å²) >= 11 is 0. The average molecular weight is 263 g/mol. The fourth-order valence-corrected chi connectivity index (χ4v) is 2.20. The predicted octanol–water partition coefficient (Wildman–Crippen LogP) is 3.75. The number of nitrogens with one attached hydrogen (secondary N) is 1. The lowest BCUT2D eigenvalue weighted by molar-refractivity contribution is 0.117. The van der Waals surface area contributed by atoms with Crippen LogP contribution in [0.1, 0.15) is 43.7 Å². The van der Waals surface area contributed by atoms with Crippen molar-refractivity contribution in [2.45, 2.75) is 39.5 Å². The van der Waals surface area contributed by atoms with Crippen molar-refractivity contribution in [2.24, 2.45) is 5.92 Å². The van der Waals surface area contributed by atoms with Crippen molar-refractivity contribution in [3.8, 4) is 0 Å². The van der Waals surface area contributed by atoms with E-state index in [1.54, 1.807) is 0 Å². The van der Waals surface area contributed by atoms with Crippen LogP contribution in [-0.2, 0) is 4.74 Å². The Morgan fingerprint density at radius 3 is 2.53 bits per heavy atom. The third kappa shape index (κ3) is 6.74. The van der Waals surface area contributed by atoms with Crippen LogP contribution in [0.15, 0.2) is 24.3 Å². The maximum absolute atomic E-state index is 5.75. The number of ether oxygens (including phenoxy) is 1. The van der Waals surface area contributed by atoms with E-state index in [0.29, 0.717) is 5.92 Å². The predicted molar refractivity (Wildman–Crippen MR) is 82.7 cm³/mol. The van der Waals surface area contributed by atoms with Gasteiger partial charge in [-0.25, -0.2) is 0 Å². The molecule has 0 fully saturated rings. The number of rotatable bonds is 9. The molecule has 0 heterocycles. The molecular formula is C17H29NO. The summed E-state index contributed by atoms with van der Waals surface area (Å²) in [6.45, 7) is 9.38. The molecule has 2 heteroatoms. The smallest absolute Gasteiger partial charge is 0.0472 e. The van der Waals surface area contributed by atoms with Crippen LogP contribution in [0.3, 0.4) is 0 Å². The van der Waals surface area contributed by atoms with Gasteiger partial charge in [0, 0.05) is 19.8 Å². The Morgan fingerprint density at radius 2 is 1.89 bits per heavy atom.